The van der Waals surface area contributed by atoms with Crippen molar-refractivity contribution in [3.8, 4) is 0 Å². The Morgan fingerprint density at radius 1 is 1.24 bits per heavy atom. The van der Waals surface area contributed by atoms with Crippen molar-refractivity contribution in [2.45, 2.75) is 70.4 Å². The minimum absolute atomic E-state index is 0.288. The van der Waals surface area contributed by atoms with Gasteiger partial charge in [-0.2, -0.15) is 0 Å². The number of hydrogen-bond acceptors (Lipinski definition) is 5. The molecule has 2 rings (SSSR count). The van der Waals surface area contributed by atoms with E-state index in [0.717, 1.165) is 6.42 Å². The summed E-state index contributed by atoms with van der Waals surface area (Å²) >= 11 is 0. The molecular formula is C12H20O5. The Balaban J connectivity index is 2.33. The minimum atomic E-state index is -1.57. The summed E-state index contributed by atoms with van der Waals surface area (Å²) in [6.45, 7) is 8.35. The summed E-state index contributed by atoms with van der Waals surface area (Å²) in [6.07, 6.45) is 1.02. The van der Waals surface area contributed by atoms with E-state index in [1.165, 1.54) is 13.8 Å². The Morgan fingerprint density at radius 3 is 2.24 bits per heavy atom. The molecule has 2 fully saturated rings. The zero-order valence-corrected chi connectivity index (χ0v) is 11.0. The van der Waals surface area contributed by atoms with E-state index in [1.54, 1.807) is 6.92 Å². The fourth-order valence-corrected chi connectivity index (χ4v) is 2.54. The Labute approximate surface area is 101 Å². The van der Waals surface area contributed by atoms with Gasteiger partial charge in [0.25, 0.3) is 0 Å². The van der Waals surface area contributed by atoms with Gasteiger partial charge >= 0.3 is 0 Å². The lowest BCUT2D eigenvalue weighted by Gasteiger charge is -2.30. The maximum Gasteiger partial charge on any atom is 0.231 e. The third-order valence-corrected chi connectivity index (χ3v) is 3.90. The fraction of sp³-hybridized carbons (Fsp3) is 0.917. The molecule has 0 aromatic heterocycles. The molecule has 2 aliphatic heterocycles. The van der Waals surface area contributed by atoms with Gasteiger partial charge in [-0.1, -0.05) is 6.92 Å². The van der Waals surface area contributed by atoms with Gasteiger partial charge in [0.15, 0.2) is 5.78 Å². The average molecular weight is 244 g/mol. The van der Waals surface area contributed by atoms with Crippen LogP contribution in [0.15, 0.2) is 0 Å². The van der Waals surface area contributed by atoms with Crippen LogP contribution in [-0.2, 0) is 19.0 Å². The van der Waals surface area contributed by atoms with Gasteiger partial charge in [0.1, 0.15) is 0 Å². The first kappa shape index (κ1) is 13.0. The second kappa shape index (κ2) is 3.29. The van der Waals surface area contributed by atoms with Crippen molar-refractivity contribution in [1.82, 2.24) is 0 Å². The van der Waals surface area contributed by atoms with Crippen molar-refractivity contribution < 1.29 is 24.1 Å². The lowest BCUT2D eigenvalue weighted by atomic mass is 9.95. The molecule has 0 saturated carbocycles. The highest BCUT2D eigenvalue weighted by Crippen LogP contribution is 2.55. The van der Waals surface area contributed by atoms with Crippen LogP contribution >= 0.6 is 0 Å². The first-order chi connectivity index (χ1) is 7.58. The molecule has 2 aliphatic rings. The second-order valence-electron chi connectivity index (χ2n) is 5.52. The molecule has 0 spiro atoms. The lowest BCUT2D eigenvalue weighted by molar-refractivity contribution is -0.275. The Bertz CT molecular complexity index is 346. The Kier molecular flexibility index (Phi) is 2.51. The summed E-state index contributed by atoms with van der Waals surface area (Å²) in [5.41, 5.74) is -0.498. The van der Waals surface area contributed by atoms with Crippen molar-refractivity contribution in [2.24, 2.45) is 0 Å². The van der Waals surface area contributed by atoms with Gasteiger partial charge in [0.05, 0.1) is 5.60 Å². The van der Waals surface area contributed by atoms with Crippen LogP contribution in [0.2, 0.25) is 0 Å². The van der Waals surface area contributed by atoms with E-state index in [2.05, 4.69) is 0 Å². The molecule has 0 aromatic rings. The van der Waals surface area contributed by atoms with E-state index in [4.69, 9.17) is 14.2 Å². The predicted octanol–water partition coefficient (Wildman–Crippen LogP) is 1.33. The first-order valence-electron chi connectivity index (χ1n) is 5.92. The molecule has 0 aromatic carbocycles. The SMILES string of the molecule is CC[C@]1(C)C[C@@]2(O)O[C@@](C)(C(C)=O)O[C@@]2(C)O1. The number of hydrogen-bond donors (Lipinski definition) is 1. The molecule has 5 heteroatoms. The standard InChI is InChI=1S/C12H20O5/c1-6-9(3)7-12(14)11(5,15-9)16-10(4,17-12)8(2)13/h14H,6-7H2,1-5H3/t9-,10+,11-,12-/m1/s1. The van der Waals surface area contributed by atoms with E-state index >= 15 is 0 Å². The summed E-state index contributed by atoms with van der Waals surface area (Å²) in [4.78, 5) is 11.5. The highest BCUT2D eigenvalue weighted by atomic mass is 16.9. The average Bonchev–Trinajstić information content (AvgIpc) is 2.44. The number of fused-ring (bicyclic) bond motifs is 1. The molecule has 17 heavy (non-hydrogen) atoms. The predicted molar refractivity (Wildman–Crippen MR) is 59.0 cm³/mol. The normalized spacial score (nSPS) is 53.8. The fourth-order valence-electron chi connectivity index (χ4n) is 2.54. The maximum atomic E-state index is 11.5. The molecule has 0 bridgehead atoms. The quantitative estimate of drug-likeness (QED) is 0.794. The number of carbonyl (C=O) groups is 1. The highest BCUT2D eigenvalue weighted by molar-refractivity contribution is 5.83. The smallest absolute Gasteiger partial charge is 0.231 e. The van der Waals surface area contributed by atoms with E-state index in [-0.39, 0.29) is 12.2 Å². The van der Waals surface area contributed by atoms with Gasteiger partial charge in [0, 0.05) is 13.3 Å². The summed E-state index contributed by atoms with van der Waals surface area (Å²) in [7, 11) is 0. The number of rotatable bonds is 2. The van der Waals surface area contributed by atoms with Crippen molar-refractivity contribution >= 4 is 5.78 Å². The van der Waals surface area contributed by atoms with E-state index in [0.29, 0.717) is 0 Å². The van der Waals surface area contributed by atoms with Crippen molar-refractivity contribution in [3.63, 3.8) is 0 Å². The van der Waals surface area contributed by atoms with Crippen LogP contribution in [-0.4, -0.2) is 33.9 Å². The van der Waals surface area contributed by atoms with Crippen LogP contribution in [0.4, 0.5) is 0 Å². The summed E-state index contributed by atoms with van der Waals surface area (Å²) in [6, 6.07) is 0. The number of aliphatic hydroxyl groups is 1. The molecule has 2 heterocycles. The van der Waals surface area contributed by atoms with Gasteiger partial charge in [0.2, 0.25) is 17.4 Å². The van der Waals surface area contributed by atoms with Crippen LogP contribution in [0.5, 0.6) is 0 Å². The zero-order valence-electron chi connectivity index (χ0n) is 11.0. The minimum Gasteiger partial charge on any atom is -0.361 e. The van der Waals surface area contributed by atoms with Crippen LogP contribution in [0.25, 0.3) is 0 Å². The van der Waals surface area contributed by atoms with E-state index < -0.39 is 23.0 Å². The molecule has 98 valence electrons. The monoisotopic (exact) mass is 244 g/mol. The van der Waals surface area contributed by atoms with E-state index in [1.807, 2.05) is 13.8 Å². The number of carbonyl (C=O) groups excluding carboxylic acids is 1. The molecule has 2 saturated heterocycles. The molecule has 0 amide bonds. The third kappa shape index (κ3) is 1.64. The first-order valence-corrected chi connectivity index (χ1v) is 5.92. The molecule has 5 nitrogen and oxygen atoms in total. The maximum absolute atomic E-state index is 11.5. The highest BCUT2D eigenvalue weighted by Gasteiger charge is 2.72. The Hall–Kier alpha value is -0.490. The summed E-state index contributed by atoms with van der Waals surface area (Å²) in [5.74, 6) is -4.59. The van der Waals surface area contributed by atoms with Crippen LogP contribution in [0.3, 0.4) is 0 Å². The van der Waals surface area contributed by atoms with Crippen LogP contribution in [0, 0.1) is 0 Å². The van der Waals surface area contributed by atoms with Crippen molar-refractivity contribution in [2.75, 3.05) is 0 Å². The molecule has 4 atom stereocenters. The third-order valence-electron chi connectivity index (χ3n) is 3.90. The molecule has 0 radical (unpaired) electrons. The molecular weight excluding hydrogens is 224 g/mol. The van der Waals surface area contributed by atoms with Crippen LogP contribution < -0.4 is 0 Å². The van der Waals surface area contributed by atoms with Gasteiger partial charge < -0.3 is 19.3 Å². The second-order valence-corrected chi connectivity index (χ2v) is 5.52. The van der Waals surface area contributed by atoms with Gasteiger partial charge in [-0.3, -0.25) is 4.79 Å². The van der Waals surface area contributed by atoms with Crippen molar-refractivity contribution in [1.29, 1.82) is 0 Å². The summed E-state index contributed by atoms with van der Waals surface area (Å²) in [5, 5.41) is 10.5. The topological polar surface area (TPSA) is 65.0 Å². The number of Topliss-reactive ketones (excluding diaryl/α,β-unsaturated/α-hetero) is 1. The number of ketones is 1. The van der Waals surface area contributed by atoms with Gasteiger partial charge in [-0.25, -0.2) is 0 Å². The van der Waals surface area contributed by atoms with Gasteiger partial charge in [-0.05, 0) is 27.2 Å². The van der Waals surface area contributed by atoms with Crippen LogP contribution in [0.1, 0.15) is 47.5 Å². The Morgan fingerprint density at radius 2 is 1.82 bits per heavy atom. The largest absolute Gasteiger partial charge is 0.361 e. The van der Waals surface area contributed by atoms with E-state index in [9.17, 15) is 9.90 Å². The van der Waals surface area contributed by atoms with Gasteiger partial charge in [-0.15, -0.1) is 0 Å². The molecule has 0 unspecified atom stereocenters. The molecule has 1 N–H and O–H groups in total. The lowest BCUT2D eigenvalue weighted by Crippen LogP contribution is -2.45. The van der Waals surface area contributed by atoms with Crippen molar-refractivity contribution in [3.05, 3.63) is 0 Å². The number of ether oxygens (including phenoxy) is 3. The molecule has 0 aliphatic carbocycles. The zero-order chi connectivity index (χ0) is 13.1. The summed E-state index contributed by atoms with van der Waals surface area (Å²) < 4.78 is 16.9.